The molecule has 0 atom stereocenters. The van der Waals surface area contributed by atoms with Gasteiger partial charge >= 0.3 is 5.97 Å². The summed E-state index contributed by atoms with van der Waals surface area (Å²) < 4.78 is 0. The Morgan fingerprint density at radius 2 is 2.00 bits per heavy atom. The molecule has 4 heteroatoms. The second kappa shape index (κ2) is 3.36. The van der Waals surface area contributed by atoms with Crippen molar-refractivity contribution in [1.29, 1.82) is 0 Å². The van der Waals surface area contributed by atoms with E-state index in [0.29, 0.717) is 5.02 Å². The van der Waals surface area contributed by atoms with E-state index in [1.165, 1.54) is 18.2 Å². The van der Waals surface area contributed by atoms with E-state index in [1.807, 2.05) is 0 Å². The zero-order valence-electron chi connectivity index (χ0n) is 5.95. The summed E-state index contributed by atoms with van der Waals surface area (Å²) >= 11 is 5.55. The van der Waals surface area contributed by atoms with Gasteiger partial charge in [0.05, 0.1) is 0 Å². The SMILES string of the molecule is O=C(O)[13C](=O)c1cccc(Cl)c1. The van der Waals surface area contributed by atoms with Crippen molar-refractivity contribution in [2.24, 2.45) is 0 Å². The highest BCUT2D eigenvalue weighted by molar-refractivity contribution is 6.40. The first kappa shape index (κ1) is 8.74. The Morgan fingerprint density at radius 1 is 1.33 bits per heavy atom. The Kier molecular flexibility index (Phi) is 2.45. The van der Waals surface area contributed by atoms with Crippen LogP contribution in [0.5, 0.6) is 0 Å². The van der Waals surface area contributed by atoms with Gasteiger partial charge in [0.1, 0.15) is 0 Å². The zero-order valence-corrected chi connectivity index (χ0v) is 6.71. The third kappa shape index (κ3) is 1.83. The van der Waals surface area contributed by atoms with Gasteiger partial charge in [0.25, 0.3) is 5.78 Å². The first-order chi connectivity index (χ1) is 5.61. The minimum Gasteiger partial charge on any atom is -0.475 e. The first-order valence-corrected chi connectivity index (χ1v) is 3.52. The molecular weight excluding hydrogens is 181 g/mol. The molecule has 1 aromatic carbocycles. The van der Waals surface area contributed by atoms with Crippen molar-refractivity contribution >= 4 is 23.4 Å². The molecule has 0 aromatic heterocycles. The number of carbonyl (C=O) groups is 2. The van der Waals surface area contributed by atoms with Crippen LogP contribution in [0, 0.1) is 0 Å². The van der Waals surface area contributed by atoms with Crippen LogP contribution in [0.4, 0.5) is 0 Å². The molecule has 0 aliphatic rings. The topological polar surface area (TPSA) is 54.4 Å². The molecule has 0 amide bonds. The average Bonchev–Trinajstić information content (AvgIpc) is 2.03. The van der Waals surface area contributed by atoms with Crippen molar-refractivity contribution in [3.8, 4) is 0 Å². The Morgan fingerprint density at radius 3 is 2.50 bits per heavy atom. The lowest BCUT2D eigenvalue weighted by Crippen LogP contribution is -2.12. The van der Waals surface area contributed by atoms with E-state index in [0.717, 1.165) is 0 Å². The summed E-state index contributed by atoms with van der Waals surface area (Å²) in [6.07, 6.45) is 0. The van der Waals surface area contributed by atoms with Gasteiger partial charge in [0.15, 0.2) is 0 Å². The number of hydrogen-bond donors (Lipinski definition) is 1. The van der Waals surface area contributed by atoms with Gasteiger partial charge in [-0.05, 0) is 12.1 Å². The predicted octanol–water partition coefficient (Wildman–Crippen LogP) is 1.61. The maximum Gasteiger partial charge on any atom is 0.377 e. The van der Waals surface area contributed by atoms with E-state index in [-0.39, 0.29) is 5.56 Å². The van der Waals surface area contributed by atoms with E-state index in [9.17, 15) is 9.59 Å². The maximum atomic E-state index is 10.8. The molecule has 0 heterocycles. The standard InChI is InChI=1S/C8H5ClO3/c9-6-3-1-2-5(4-6)7(10)8(11)12/h1-4H,(H,11,12)/i7+1. The minimum absolute atomic E-state index is 0.0926. The number of carboxylic acid groups (broad SMARTS) is 1. The number of carbonyl (C=O) groups excluding carboxylic acids is 1. The molecule has 0 saturated heterocycles. The second-order valence-electron chi connectivity index (χ2n) is 2.14. The number of Topliss-reactive ketones (excluding diaryl/α,β-unsaturated/α-hetero) is 1. The van der Waals surface area contributed by atoms with E-state index in [4.69, 9.17) is 16.7 Å². The zero-order chi connectivity index (χ0) is 9.14. The monoisotopic (exact) mass is 185 g/mol. The molecular formula is C8H5ClO3. The smallest absolute Gasteiger partial charge is 0.377 e. The second-order valence-corrected chi connectivity index (χ2v) is 2.58. The summed E-state index contributed by atoms with van der Waals surface area (Å²) in [6.45, 7) is 0. The van der Waals surface area contributed by atoms with Crippen molar-refractivity contribution in [2.45, 2.75) is 0 Å². The summed E-state index contributed by atoms with van der Waals surface area (Å²) in [7, 11) is 0. The summed E-state index contributed by atoms with van der Waals surface area (Å²) in [4.78, 5) is 21.1. The lowest BCUT2D eigenvalue weighted by atomic mass is 10.3. The normalized spacial score (nSPS) is 9.42. The van der Waals surface area contributed by atoms with Crippen molar-refractivity contribution in [2.75, 3.05) is 0 Å². The van der Waals surface area contributed by atoms with Crippen LogP contribution in [-0.4, -0.2) is 16.9 Å². The highest BCUT2D eigenvalue weighted by Crippen LogP contribution is 2.10. The van der Waals surface area contributed by atoms with E-state index in [2.05, 4.69) is 0 Å². The van der Waals surface area contributed by atoms with Gasteiger partial charge in [0.2, 0.25) is 0 Å². The average molecular weight is 186 g/mol. The molecule has 0 radical (unpaired) electrons. The largest absolute Gasteiger partial charge is 0.475 e. The molecule has 0 saturated carbocycles. The molecule has 0 aliphatic heterocycles. The summed E-state index contributed by atoms with van der Waals surface area (Å²) in [6, 6.07) is 5.82. The third-order valence-corrected chi connectivity index (χ3v) is 1.52. The molecule has 0 fully saturated rings. The number of rotatable bonds is 2. The Labute approximate surface area is 73.6 Å². The van der Waals surface area contributed by atoms with Crippen LogP contribution in [0.15, 0.2) is 24.3 Å². The molecule has 1 N–H and O–H groups in total. The van der Waals surface area contributed by atoms with E-state index < -0.39 is 11.8 Å². The number of benzene rings is 1. The Hall–Kier alpha value is -1.35. The van der Waals surface area contributed by atoms with Crippen LogP contribution in [0.3, 0.4) is 0 Å². The fraction of sp³-hybridized carbons (Fsp3) is 0. The van der Waals surface area contributed by atoms with Crippen LogP contribution in [0.25, 0.3) is 0 Å². The van der Waals surface area contributed by atoms with Crippen LogP contribution in [0.1, 0.15) is 10.4 Å². The van der Waals surface area contributed by atoms with E-state index >= 15 is 0 Å². The molecule has 3 nitrogen and oxygen atoms in total. The van der Waals surface area contributed by atoms with Crippen LogP contribution in [-0.2, 0) is 4.79 Å². The van der Waals surface area contributed by atoms with Gasteiger partial charge in [-0.15, -0.1) is 0 Å². The summed E-state index contributed by atoms with van der Waals surface area (Å²) in [5, 5.41) is 8.68. The lowest BCUT2D eigenvalue weighted by Gasteiger charge is -1.94. The molecule has 1 rings (SSSR count). The minimum atomic E-state index is -1.47. The summed E-state index contributed by atoms with van der Waals surface area (Å²) in [5.41, 5.74) is 0.0926. The third-order valence-electron chi connectivity index (χ3n) is 1.28. The predicted molar refractivity (Wildman–Crippen MR) is 43.4 cm³/mol. The summed E-state index contributed by atoms with van der Waals surface area (Å²) in [5.74, 6) is -2.42. The quantitative estimate of drug-likeness (QED) is 0.433. The highest BCUT2D eigenvalue weighted by Gasteiger charge is 2.13. The van der Waals surface area contributed by atoms with Crippen LogP contribution >= 0.6 is 11.6 Å². The molecule has 0 unspecified atom stereocenters. The van der Waals surface area contributed by atoms with Crippen LogP contribution < -0.4 is 0 Å². The van der Waals surface area contributed by atoms with Crippen molar-refractivity contribution in [3.63, 3.8) is 0 Å². The van der Waals surface area contributed by atoms with Crippen molar-refractivity contribution < 1.29 is 14.7 Å². The molecule has 12 heavy (non-hydrogen) atoms. The number of halogens is 1. The Balaban J connectivity index is 3.04. The number of ketones is 1. The Bertz CT molecular complexity index is 333. The number of hydrogen-bond acceptors (Lipinski definition) is 2. The van der Waals surface area contributed by atoms with Gasteiger partial charge in [-0.2, -0.15) is 0 Å². The van der Waals surface area contributed by atoms with E-state index in [1.54, 1.807) is 6.07 Å². The number of aliphatic carboxylic acids is 1. The van der Waals surface area contributed by atoms with Crippen molar-refractivity contribution in [1.82, 2.24) is 0 Å². The molecule has 0 bridgehead atoms. The van der Waals surface area contributed by atoms with Gasteiger partial charge in [-0.25, -0.2) is 4.79 Å². The molecule has 0 spiro atoms. The lowest BCUT2D eigenvalue weighted by molar-refractivity contribution is -0.131. The fourth-order valence-corrected chi connectivity index (χ4v) is 0.943. The van der Waals surface area contributed by atoms with Gasteiger partial charge in [-0.1, -0.05) is 23.7 Å². The maximum absolute atomic E-state index is 10.8. The number of carboxylic acids is 1. The molecule has 62 valence electrons. The first-order valence-electron chi connectivity index (χ1n) is 3.14. The van der Waals surface area contributed by atoms with Gasteiger partial charge < -0.3 is 5.11 Å². The molecule has 0 aliphatic carbocycles. The van der Waals surface area contributed by atoms with Crippen LogP contribution in [0.2, 0.25) is 5.02 Å². The fourth-order valence-electron chi connectivity index (χ4n) is 0.753. The van der Waals surface area contributed by atoms with Gasteiger partial charge in [-0.3, -0.25) is 4.79 Å². The van der Waals surface area contributed by atoms with Crippen molar-refractivity contribution in [3.05, 3.63) is 34.9 Å². The highest BCUT2D eigenvalue weighted by atomic mass is 35.5. The van der Waals surface area contributed by atoms with Gasteiger partial charge in [0, 0.05) is 10.6 Å². The molecule has 1 aromatic rings.